The van der Waals surface area contributed by atoms with E-state index in [0.717, 1.165) is 23.3 Å². The van der Waals surface area contributed by atoms with Gasteiger partial charge in [-0.1, -0.05) is 32.4 Å². The van der Waals surface area contributed by atoms with Gasteiger partial charge in [-0.15, -0.1) is 0 Å². The molecular formula is C17H27N5OS. The molecule has 0 saturated carbocycles. The van der Waals surface area contributed by atoms with Crippen LogP contribution in [0, 0.1) is 5.92 Å². The van der Waals surface area contributed by atoms with Crippen molar-refractivity contribution in [1.82, 2.24) is 20.6 Å². The number of benzene rings is 1. The first-order valence-corrected chi connectivity index (χ1v) is 8.99. The van der Waals surface area contributed by atoms with Gasteiger partial charge in [-0.05, 0) is 18.1 Å². The van der Waals surface area contributed by atoms with Crippen LogP contribution in [0.5, 0.6) is 0 Å². The van der Waals surface area contributed by atoms with Gasteiger partial charge in [-0.2, -0.15) is 12.6 Å². The van der Waals surface area contributed by atoms with Crippen LogP contribution in [0.3, 0.4) is 0 Å². The molecule has 0 spiro atoms. The Morgan fingerprint density at radius 1 is 1.42 bits per heavy atom. The van der Waals surface area contributed by atoms with Crippen LogP contribution < -0.4 is 16.4 Å². The van der Waals surface area contributed by atoms with Gasteiger partial charge >= 0.3 is 0 Å². The minimum Gasteiger partial charge on any atom is -0.348 e. The number of nitrogens with two attached hydrogens (primary N) is 1. The van der Waals surface area contributed by atoms with Crippen LogP contribution >= 0.6 is 12.6 Å². The van der Waals surface area contributed by atoms with E-state index in [1.54, 1.807) is 0 Å². The number of aromatic amines is 1. The number of carbonyl (C=O) groups excluding carboxylic acids is 1. The number of nitrogens with one attached hydrogen (secondary N) is 3. The predicted octanol–water partition coefficient (Wildman–Crippen LogP) is 1.44. The van der Waals surface area contributed by atoms with Crippen molar-refractivity contribution in [3.63, 3.8) is 0 Å². The van der Waals surface area contributed by atoms with Crippen molar-refractivity contribution in [2.75, 3.05) is 12.3 Å². The molecule has 2 aromatic rings. The molecule has 7 heteroatoms. The zero-order valence-corrected chi connectivity index (χ0v) is 15.1. The lowest BCUT2D eigenvalue weighted by atomic mass is 9.98. The summed E-state index contributed by atoms with van der Waals surface area (Å²) >= 11 is 4.18. The fourth-order valence-electron chi connectivity index (χ4n) is 2.50. The highest BCUT2D eigenvalue weighted by Crippen LogP contribution is 2.11. The Morgan fingerprint density at radius 2 is 2.17 bits per heavy atom. The molecule has 0 aliphatic carbocycles. The summed E-state index contributed by atoms with van der Waals surface area (Å²) in [6.07, 6.45) is 0.909. The van der Waals surface area contributed by atoms with Gasteiger partial charge < -0.3 is 21.4 Å². The van der Waals surface area contributed by atoms with Gasteiger partial charge in [-0.25, -0.2) is 4.98 Å². The number of rotatable bonds is 9. The monoisotopic (exact) mass is 349 g/mol. The summed E-state index contributed by atoms with van der Waals surface area (Å²) < 4.78 is 0. The molecule has 1 amide bonds. The minimum atomic E-state index is -0.273. The summed E-state index contributed by atoms with van der Waals surface area (Å²) in [5.41, 5.74) is 7.76. The van der Waals surface area contributed by atoms with E-state index in [1.165, 1.54) is 0 Å². The van der Waals surface area contributed by atoms with Gasteiger partial charge in [0.1, 0.15) is 5.82 Å². The van der Waals surface area contributed by atoms with Crippen molar-refractivity contribution in [1.29, 1.82) is 0 Å². The summed E-state index contributed by atoms with van der Waals surface area (Å²) in [5, 5.41) is 6.23. The highest BCUT2D eigenvalue weighted by Gasteiger charge is 2.24. The number of fused-ring (bicyclic) bond motifs is 1. The van der Waals surface area contributed by atoms with Crippen LogP contribution in [0.2, 0.25) is 0 Å². The van der Waals surface area contributed by atoms with Gasteiger partial charge in [0, 0.05) is 18.3 Å². The van der Waals surface area contributed by atoms with Crippen LogP contribution in [0.15, 0.2) is 24.3 Å². The molecule has 1 heterocycles. The molecule has 0 unspecified atom stereocenters. The van der Waals surface area contributed by atoms with E-state index < -0.39 is 0 Å². The van der Waals surface area contributed by atoms with Crippen molar-refractivity contribution < 1.29 is 4.79 Å². The van der Waals surface area contributed by atoms with E-state index >= 15 is 0 Å². The standard InChI is InChI=1S/C17H27N5OS/c1-3-11(2)16(19-8-12(18)10-24)17(23)20-9-15-21-13-6-4-5-7-14(13)22-15/h4-7,11-12,16,19,24H,3,8-10,18H2,1-2H3,(H,20,23)(H,21,22)/t11-,12+,16-/m0/s1. The number of hydrogen-bond acceptors (Lipinski definition) is 5. The summed E-state index contributed by atoms with van der Waals surface area (Å²) in [4.78, 5) is 20.2. The second kappa shape index (κ2) is 9.05. The summed E-state index contributed by atoms with van der Waals surface area (Å²) in [7, 11) is 0. The van der Waals surface area contributed by atoms with Crippen molar-refractivity contribution in [3.05, 3.63) is 30.1 Å². The number of carbonyl (C=O) groups is 1. The number of nitrogens with zero attached hydrogens (tertiary/aromatic N) is 1. The fraction of sp³-hybridized carbons (Fsp3) is 0.529. The predicted molar refractivity (Wildman–Crippen MR) is 101 cm³/mol. The van der Waals surface area contributed by atoms with Gasteiger partial charge in [-0.3, -0.25) is 4.79 Å². The average Bonchev–Trinajstić information content (AvgIpc) is 3.02. The van der Waals surface area contributed by atoms with Crippen molar-refractivity contribution in [3.8, 4) is 0 Å². The first-order valence-electron chi connectivity index (χ1n) is 8.36. The number of H-pyrrole nitrogens is 1. The second-order valence-electron chi connectivity index (χ2n) is 6.13. The third kappa shape index (κ3) is 4.96. The quantitative estimate of drug-likeness (QED) is 0.443. The maximum Gasteiger partial charge on any atom is 0.237 e. The normalized spacial score (nSPS) is 15.2. The Morgan fingerprint density at radius 3 is 2.83 bits per heavy atom. The molecule has 0 aliphatic rings. The Kier molecular flexibility index (Phi) is 7.08. The van der Waals surface area contributed by atoms with E-state index in [2.05, 4.69) is 47.1 Å². The molecule has 132 valence electrons. The molecule has 0 radical (unpaired) electrons. The van der Waals surface area contributed by atoms with Gasteiger partial charge in [0.15, 0.2) is 0 Å². The van der Waals surface area contributed by atoms with Crippen LogP contribution in [-0.4, -0.2) is 40.3 Å². The van der Waals surface area contributed by atoms with Crippen LogP contribution in [-0.2, 0) is 11.3 Å². The average molecular weight is 350 g/mol. The van der Waals surface area contributed by atoms with Crippen LogP contribution in [0.25, 0.3) is 11.0 Å². The molecule has 0 saturated heterocycles. The number of para-hydroxylation sites is 2. The molecule has 24 heavy (non-hydrogen) atoms. The number of hydrogen-bond donors (Lipinski definition) is 5. The lowest BCUT2D eigenvalue weighted by Gasteiger charge is -2.24. The van der Waals surface area contributed by atoms with E-state index in [9.17, 15) is 4.79 Å². The lowest BCUT2D eigenvalue weighted by molar-refractivity contribution is -0.124. The zero-order chi connectivity index (χ0) is 17.5. The SMILES string of the molecule is CC[C@H](C)[C@H](NC[C@@H](N)CS)C(=O)NCc1nc2ccccc2[nH]1. The maximum atomic E-state index is 12.6. The van der Waals surface area contributed by atoms with Crippen LogP contribution in [0.4, 0.5) is 0 Å². The Hall–Kier alpha value is -1.57. The third-order valence-electron chi connectivity index (χ3n) is 4.20. The van der Waals surface area contributed by atoms with Crippen molar-refractivity contribution >= 4 is 29.6 Å². The van der Waals surface area contributed by atoms with E-state index in [1.807, 2.05) is 24.3 Å². The van der Waals surface area contributed by atoms with Crippen LogP contribution in [0.1, 0.15) is 26.1 Å². The van der Waals surface area contributed by atoms with Crippen molar-refractivity contribution in [2.45, 2.75) is 38.9 Å². The maximum absolute atomic E-state index is 12.6. The van der Waals surface area contributed by atoms with Crippen molar-refractivity contribution in [2.24, 2.45) is 11.7 Å². The minimum absolute atomic E-state index is 0.0313. The fourth-order valence-corrected chi connectivity index (χ4v) is 2.63. The molecular weight excluding hydrogens is 322 g/mol. The van der Waals surface area contributed by atoms with E-state index in [0.29, 0.717) is 18.8 Å². The third-order valence-corrected chi connectivity index (χ3v) is 4.67. The molecule has 3 atom stereocenters. The molecule has 0 aliphatic heterocycles. The number of thiol groups is 1. The molecule has 0 bridgehead atoms. The number of aromatic nitrogens is 2. The molecule has 0 fully saturated rings. The molecule has 5 N–H and O–H groups in total. The highest BCUT2D eigenvalue weighted by atomic mass is 32.1. The summed E-state index contributed by atoms with van der Waals surface area (Å²) in [6.45, 7) is 5.08. The zero-order valence-electron chi connectivity index (χ0n) is 14.2. The highest BCUT2D eigenvalue weighted by molar-refractivity contribution is 7.80. The molecule has 2 rings (SSSR count). The molecule has 1 aromatic carbocycles. The summed E-state index contributed by atoms with van der Waals surface area (Å²) in [6, 6.07) is 7.47. The summed E-state index contributed by atoms with van der Waals surface area (Å²) in [5.74, 6) is 1.52. The first kappa shape index (κ1) is 18.8. The molecule has 1 aromatic heterocycles. The smallest absolute Gasteiger partial charge is 0.237 e. The largest absolute Gasteiger partial charge is 0.348 e. The first-order chi connectivity index (χ1) is 11.5. The second-order valence-corrected chi connectivity index (χ2v) is 6.50. The lowest BCUT2D eigenvalue weighted by Crippen LogP contribution is -2.51. The number of imidazole rings is 1. The topological polar surface area (TPSA) is 95.8 Å². The van der Waals surface area contributed by atoms with E-state index in [-0.39, 0.29) is 23.9 Å². The Balaban J connectivity index is 1.95. The van der Waals surface area contributed by atoms with Gasteiger partial charge in [0.25, 0.3) is 0 Å². The van der Waals surface area contributed by atoms with E-state index in [4.69, 9.17) is 5.73 Å². The van der Waals surface area contributed by atoms with Gasteiger partial charge in [0.05, 0.1) is 23.6 Å². The number of amides is 1. The Labute approximate surface area is 148 Å². The van der Waals surface area contributed by atoms with Gasteiger partial charge in [0.2, 0.25) is 5.91 Å². The Bertz CT molecular complexity index is 626. The molecule has 6 nitrogen and oxygen atoms in total.